The van der Waals surface area contributed by atoms with Crippen LogP contribution in [0.3, 0.4) is 0 Å². The first kappa shape index (κ1) is 8.27. The molecule has 8 heavy (non-hydrogen) atoms. The van der Waals surface area contributed by atoms with Gasteiger partial charge in [-0.2, -0.15) is 0 Å². The van der Waals surface area contributed by atoms with Gasteiger partial charge in [0.2, 0.25) is 0 Å². The Hall–Kier alpha value is 0.274. The zero-order chi connectivity index (χ0) is 6.41. The second-order valence-corrected chi connectivity index (χ2v) is 4.99. The molecular weight excluding hydrogens is 144 g/mol. The summed E-state index contributed by atoms with van der Waals surface area (Å²) in [5.41, 5.74) is -0.558. The van der Waals surface area contributed by atoms with Crippen LogP contribution in [0.4, 0.5) is 0 Å². The van der Waals surface area contributed by atoms with Crippen LogP contribution in [0.1, 0.15) is 0 Å². The third-order valence-electron chi connectivity index (χ3n) is 0.626. The SMILES string of the molecule is OOCC(O)[SiH2]O[SiH3]. The quantitative estimate of drug-likeness (QED) is 0.260. The number of hydrogen-bond donors (Lipinski definition) is 2. The molecule has 0 saturated carbocycles. The van der Waals surface area contributed by atoms with Crippen molar-refractivity contribution in [2.45, 2.75) is 5.73 Å². The van der Waals surface area contributed by atoms with Gasteiger partial charge in [-0.25, -0.2) is 4.89 Å². The van der Waals surface area contributed by atoms with Gasteiger partial charge in [-0.05, 0) is 0 Å². The van der Waals surface area contributed by atoms with Crippen LogP contribution in [0.2, 0.25) is 0 Å². The molecule has 0 spiro atoms. The van der Waals surface area contributed by atoms with E-state index in [1.54, 1.807) is 0 Å². The fraction of sp³-hybridized carbons (Fsp3) is 1.00. The zero-order valence-corrected chi connectivity index (χ0v) is 8.12. The van der Waals surface area contributed by atoms with Crippen molar-refractivity contribution in [2.24, 2.45) is 0 Å². The molecule has 0 radical (unpaired) electrons. The van der Waals surface area contributed by atoms with Crippen LogP contribution in [0, 0.1) is 0 Å². The van der Waals surface area contributed by atoms with Crippen LogP contribution in [-0.4, -0.2) is 42.9 Å². The molecule has 2 N–H and O–H groups in total. The van der Waals surface area contributed by atoms with E-state index in [0.717, 1.165) is 0 Å². The van der Waals surface area contributed by atoms with E-state index in [1.807, 2.05) is 0 Å². The summed E-state index contributed by atoms with van der Waals surface area (Å²) in [7, 11) is -0.174. The topological polar surface area (TPSA) is 58.9 Å². The van der Waals surface area contributed by atoms with Crippen LogP contribution in [0.5, 0.6) is 0 Å². The molecule has 0 bridgehead atoms. The fourth-order valence-electron chi connectivity index (χ4n) is 0.327. The van der Waals surface area contributed by atoms with Gasteiger partial charge in [0.15, 0.2) is 9.76 Å². The highest BCUT2D eigenvalue weighted by Gasteiger charge is 2.01. The van der Waals surface area contributed by atoms with Crippen LogP contribution < -0.4 is 0 Å². The largest absolute Gasteiger partial charge is 0.466 e. The van der Waals surface area contributed by atoms with Gasteiger partial charge in [0.25, 0.3) is 0 Å². The predicted octanol–water partition coefficient (Wildman–Crippen LogP) is -2.82. The minimum Gasteiger partial charge on any atom is -0.466 e. The van der Waals surface area contributed by atoms with Crippen molar-refractivity contribution < 1.29 is 19.4 Å². The number of rotatable bonds is 4. The Morgan fingerprint density at radius 3 is 2.75 bits per heavy atom. The van der Waals surface area contributed by atoms with Crippen molar-refractivity contribution in [3.05, 3.63) is 0 Å². The van der Waals surface area contributed by atoms with E-state index in [-0.39, 0.29) is 6.61 Å². The van der Waals surface area contributed by atoms with Gasteiger partial charge in [0.05, 0.1) is 5.73 Å². The Morgan fingerprint density at radius 1 is 1.75 bits per heavy atom. The first-order valence-electron chi connectivity index (χ1n) is 2.24. The van der Waals surface area contributed by atoms with Crippen LogP contribution in [0.25, 0.3) is 0 Å². The molecule has 0 aliphatic rings. The summed E-state index contributed by atoms with van der Waals surface area (Å²) >= 11 is 0. The number of hydrogen-bond acceptors (Lipinski definition) is 4. The van der Waals surface area contributed by atoms with Crippen molar-refractivity contribution in [3.63, 3.8) is 0 Å². The molecule has 0 aliphatic heterocycles. The Labute approximate surface area is 52.8 Å². The van der Waals surface area contributed by atoms with E-state index in [4.69, 9.17) is 14.5 Å². The molecule has 0 aromatic rings. The van der Waals surface area contributed by atoms with Gasteiger partial charge in [0, 0.05) is 0 Å². The van der Waals surface area contributed by atoms with Gasteiger partial charge < -0.3 is 9.22 Å². The highest BCUT2D eigenvalue weighted by Crippen LogP contribution is 1.78. The van der Waals surface area contributed by atoms with Gasteiger partial charge in [0.1, 0.15) is 17.1 Å². The molecule has 0 amide bonds. The van der Waals surface area contributed by atoms with Gasteiger partial charge >= 0.3 is 0 Å². The molecule has 1 atom stereocenters. The Kier molecular flexibility index (Phi) is 5.60. The second-order valence-electron chi connectivity index (χ2n) is 1.40. The zero-order valence-electron chi connectivity index (χ0n) is 4.70. The summed E-state index contributed by atoms with van der Waals surface area (Å²) in [5, 5.41) is 16.5. The van der Waals surface area contributed by atoms with Crippen molar-refractivity contribution in [1.82, 2.24) is 0 Å². The fourth-order valence-corrected chi connectivity index (χ4v) is 2.07. The lowest BCUT2D eigenvalue weighted by Crippen LogP contribution is -2.23. The third kappa shape index (κ3) is 4.43. The van der Waals surface area contributed by atoms with E-state index in [1.165, 1.54) is 0 Å². The molecule has 50 valence electrons. The van der Waals surface area contributed by atoms with Gasteiger partial charge in [-0.15, -0.1) is 0 Å². The maximum Gasteiger partial charge on any atom is 0.178 e. The molecule has 4 nitrogen and oxygen atoms in total. The summed E-state index contributed by atoms with van der Waals surface area (Å²) < 4.78 is 4.79. The lowest BCUT2D eigenvalue weighted by molar-refractivity contribution is -0.251. The summed E-state index contributed by atoms with van der Waals surface area (Å²) in [6.07, 6.45) is 0. The van der Waals surface area contributed by atoms with Crippen LogP contribution in [0.15, 0.2) is 0 Å². The molecular formula is C2H10O4Si2. The third-order valence-corrected chi connectivity index (χ3v) is 2.58. The van der Waals surface area contributed by atoms with Crippen molar-refractivity contribution in [3.8, 4) is 0 Å². The van der Waals surface area contributed by atoms with E-state index in [0.29, 0.717) is 10.5 Å². The molecule has 0 aromatic carbocycles. The van der Waals surface area contributed by atoms with Gasteiger partial charge in [-0.3, -0.25) is 5.26 Å². The summed E-state index contributed by atoms with van der Waals surface area (Å²) in [6, 6.07) is 0. The molecule has 0 aromatic heterocycles. The molecule has 0 heterocycles. The Bertz CT molecular complexity index is 45.3. The second kappa shape index (κ2) is 5.41. The molecule has 6 heteroatoms. The monoisotopic (exact) mass is 154 g/mol. The van der Waals surface area contributed by atoms with Crippen molar-refractivity contribution in [1.29, 1.82) is 0 Å². The normalized spacial score (nSPS) is 15.8. The summed E-state index contributed by atoms with van der Waals surface area (Å²) in [4.78, 5) is 3.68. The predicted molar refractivity (Wildman–Crippen MR) is 34.2 cm³/mol. The molecule has 0 rings (SSSR count). The van der Waals surface area contributed by atoms with E-state index in [2.05, 4.69) is 4.89 Å². The molecule has 0 aliphatic carbocycles. The number of aliphatic hydroxyl groups is 1. The lowest BCUT2D eigenvalue weighted by atomic mass is 10.8. The average molecular weight is 154 g/mol. The summed E-state index contributed by atoms with van der Waals surface area (Å²) in [5.74, 6) is 0. The van der Waals surface area contributed by atoms with E-state index < -0.39 is 15.5 Å². The minimum atomic E-state index is -0.833. The van der Waals surface area contributed by atoms with Crippen molar-refractivity contribution >= 4 is 20.2 Å². The van der Waals surface area contributed by atoms with Crippen molar-refractivity contribution in [2.75, 3.05) is 6.61 Å². The average Bonchev–Trinajstić information content (AvgIpc) is 1.68. The summed E-state index contributed by atoms with van der Waals surface area (Å²) in [6.45, 7) is -0.0194. The highest BCUT2D eigenvalue weighted by molar-refractivity contribution is 6.35. The smallest absolute Gasteiger partial charge is 0.178 e. The Morgan fingerprint density at radius 2 is 2.38 bits per heavy atom. The maximum absolute atomic E-state index is 8.72. The molecule has 0 fully saturated rings. The minimum absolute atomic E-state index is 0.0194. The van der Waals surface area contributed by atoms with Crippen LogP contribution >= 0.6 is 0 Å². The Balaban J connectivity index is 2.92. The highest BCUT2D eigenvalue weighted by atomic mass is 28.3. The first-order chi connectivity index (χ1) is 3.81. The van der Waals surface area contributed by atoms with Crippen LogP contribution in [-0.2, 0) is 9.00 Å². The van der Waals surface area contributed by atoms with E-state index in [9.17, 15) is 0 Å². The maximum atomic E-state index is 8.72. The first-order valence-corrected chi connectivity index (χ1v) is 4.45. The standard InChI is InChI=1S/C2H10O4Si2/c3-2(1-5-4)8-6-7/h2-4H,1,8H2,7H3. The lowest BCUT2D eigenvalue weighted by Gasteiger charge is -2.03. The molecule has 1 unspecified atom stereocenters. The number of aliphatic hydroxyl groups excluding tert-OH is 1. The van der Waals surface area contributed by atoms with Gasteiger partial charge in [-0.1, -0.05) is 0 Å². The molecule has 0 saturated heterocycles. The van der Waals surface area contributed by atoms with E-state index >= 15 is 0 Å².